The normalized spacial score (nSPS) is 13.3. The molecule has 0 aliphatic heterocycles. The minimum Gasteiger partial charge on any atom is -0.322 e. The van der Waals surface area contributed by atoms with E-state index < -0.39 is 5.91 Å². The second kappa shape index (κ2) is 8.06. The molecule has 1 aliphatic carbocycles. The fraction of sp³-hybridized carbons (Fsp3) is 0.316. The molecule has 26 heavy (non-hydrogen) atoms. The van der Waals surface area contributed by atoms with Crippen LogP contribution in [0, 0.1) is 5.92 Å². The van der Waals surface area contributed by atoms with Gasteiger partial charge in [-0.05, 0) is 43.0 Å². The monoisotopic (exact) mass is 391 g/mol. The van der Waals surface area contributed by atoms with Crippen molar-refractivity contribution in [2.75, 3.05) is 10.6 Å². The van der Waals surface area contributed by atoms with Crippen molar-refractivity contribution in [2.45, 2.75) is 32.6 Å². The first-order valence-electron chi connectivity index (χ1n) is 8.54. The number of amides is 2. The molecule has 1 aromatic heterocycles. The van der Waals surface area contributed by atoms with Gasteiger partial charge in [0.15, 0.2) is 0 Å². The van der Waals surface area contributed by atoms with Gasteiger partial charge in [-0.2, -0.15) is 0 Å². The largest absolute Gasteiger partial charge is 0.322 e. The van der Waals surface area contributed by atoms with Gasteiger partial charge in [0.2, 0.25) is 5.91 Å². The zero-order valence-electron chi connectivity index (χ0n) is 14.3. The fourth-order valence-corrected chi connectivity index (χ4v) is 3.32. The maximum absolute atomic E-state index is 12.6. The Bertz CT molecular complexity index is 827. The highest BCUT2D eigenvalue weighted by Crippen LogP contribution is 2.30. The van der Waals surface area contributed by atoms with Gasteiger partial charge in [0.05, 0.1) is 15.6 Å². The van der Waals surface area contributed by atoms with Gasteiger partial charge in [-0.15, -0.1) is 0 Å². The van der Waals surface area contributed by atoms with Crippen molar-refractivity contribution in [1.82, 2.24) is 4.98 Å². The molecule has 7 heteroatoms. The van der Waals surface area contributed by atoms with Crippen molar-refractivity contribution in [2.24, 2.45) is 5.92 Å². The van der Waals surface area contributed by atoms with Crippen LogP contribution in [0.4, 0.5) is 11.5 Å². The number of aryl methyl sites for hydroxylation is 1. The van der Waals surface area contributed by atoms with Gasteiger partial charge in [-0.25, -0.2) is 4.98 Å². The predicted octanol–water partition coefficient (Wildman–Crippen LogP) is 4.94. The smallest absolute Gasteiger partial charge is 0.258 e. The summed E-state index contributed by atoms with van der Waals surface area (Å²) in [6, 6.07) is 6.77. The highest BCUT2D eigenvalue weighted by Gasteiger charge is 2.29. The second-order valence-electron chi connectivity index (χ2n) is 6.33. The number of benzene rings is 1. The molecule has 1 fully saturated rings. The van der Waals surface area contributed by atoms with Crippen LogP contribution in [0.3, 0.4) is 0 Å². The first kappa shape index (κ1) is 18.7. The summed E-state index contributed by atoms with van der Waals surface area (Å²) in [5.74, 6) is 0.0248. The maximum atomic E-state index is 12.6. The molecule has 0 saturated heterocycles. The predicted molar refractivity (Wildman–Crippen MR) is 104 cm³/mol. The Morgan fingerprint density at radius 1 is 1.15 bits per heavy atom. The third kappa shape index (κ3) is 4.54. The van der Waals surface area contributed by atoms with E-state index in [-0.39, 0.29) is 17.4 Å². The van der Waals surface area contributed by atoms with Crippen LogP contribution in [0.25, 0.3) is 0 Å². The van der Waals surface area contributed by atoms with Crippen molar-refractivity contribution in [3.8, 4) is 0 Å². The molecule has 3 rings (SSSR count). The van der Waals surface area contributed by atoms with E-state index in [1.807, 2.05) is 0 Å². The van der Waals surface area contributed by atoms with E-state index >= 15 is 0 Å². The first-order chi connectivity index (χ1) is 12.5. The third-order valence-corrected chi connectivity index (χ3v) is 4.68. The van der Waals surface area contributed by atoms with Gasteiger partial charge in [0, 0.05) is 23.9 Å². The lowest BCUT2D eigenvalue weighted by Gasteiger charge is -2.11. The molecule has 136 valence electrons. The van der Waals surface area contributed by atoms with Crippen LogP contribution in [0.2, 0.25) is 10.0 Å². The van der Waals surface area contributed by atoms with E-state index in [0.717, 1.165) is 31.2 Å². The minimum absolute atomic E-state index is 0.0430. The highest BCUT2D eigenvalue weighted by atomic mass is 35.5. The van der Waals surface area contributed by atoms with E-state index in [1.54, 1.807) is 24.3 Å². The lowest BCUT2D eigenvalue weighted by molar-refractivity contribution is -0.117. The van der Waals surface area contributed by atoms with E-state index in [9.17, 15) is 9.59 Å². The number of nitrogens with zero attached hydrogens (tertiary/aromatic N) is 1. The average molecular weight is 392 g/mol. The molecule has 2 aromatic rings. The summed E-state index contributed by atoms with van der Waals surface area (Å²) in [5, 5.41) is 6.13. The Kier molecular flexibility index (Phi) is 5.79. The number of pyridine rings is 1. The molecule has 2 N–H and O–H groups in total. The summed E-state index contributed by atoms with van der Waals surface area (Å²) in [7, 11) is 0. The molecule has 0 spiro atoms. The molecule has 1 aromatic carbocycles. The lowest BCUT2D eigenvalue weighted by Crippen LogP contribution is -2.16. The minimum atomic E-state index is -0.409. The Labute approximate surface area is 162 Å². The number of nitrogens with one attached hydrogen (secondary N) is 2. The Balaban J connectivity index is 1.74. The summed E-state index contributed by atoms with van der Waals surface area (Å²) in [6.07, 6.45) is 5.15. The number of hydrogen-bond acceptors (Lipinski definition) is 3. The lowest BCUT2D eigenvalue weighted by atomic mass is 10.1. The molecule has 1 aliphatic rings. The number of halogens is 2. The highest BCUT2D eigenvalue weighted by molar-refractivity contribution is 6.40. The van der Waals surface area contributed by atoms with Crippen LogP contribution < -0.4 is 10.6 Å². The van der Waals surface area contributed by atoms with E-state index in [2.05, 4.69) is 22.5 Å². The van der Waals surface area contributed by atoms with Crippen LogP contribution in [0.1, 0.15) is 42.1 Å². The summed E-state index contributed by atoms with van der Waals surface area (Å²) in [5.41, 5.74) is 1.72. The fourth-order valence-electron chi connectivity index (χ4n) is 2.62. The molecule has 0 unspecified atom stereocenters. The summed E-state index contributed by atoms with van der Waals surface area (Å²) in [6.45, 7) is 2.06. The number of anilines is 2. The van der Waals surface area contributed by atoms with Crippen LogP contribution >= 0.6 is 23.2 Å². The maximum Gasteiger partial charge on any atom is 0.258 e. The van der Waals surface area contributed by atoms with Gasteiger partial charge >= 0.3 is 0 Å². The molecule has 5 nitrogen and oxygen atoms in total. The van der Waals surface area contributed by atoms with Crippen LogP contribution in [0.5, 0.6) is 0 Å². The molecule has 1 heterocycles. The molecule has 0 atom stereocenters. The van der Waals surface area contributed by atoms with Crippen LogP contribution in [-0.2, 0) is 11.2 Å². The van der Waals surface area contributed by atoms with Gasteiger partial charge in [0.1, 0.15) is 5.82 Å². The zero-order valence-corrected chi connectivity index (χ0v) is 15.8. The number of carbonyl (C=O) groups is 2. The topological polar surface area (TPSA) is 71.1 Å². The molecule has 0 radical (unpaired) electrons. The third-order valence-electron chi connectivity index (χ3n) is 4.08. The quantitative estimate of drug-likeness (QED) is 0.731. The van der Waals surface area contributed by atoms with Gasteiger partial charge in [-0.3, -0.25) is 9.59 Å². The van der Waals surface area contributed by atoms with Crippen molar-refractivity contribution in [3.63, 3.8) is 0 Å². The molecular formula is C19H19Cl2N3O2. The van der Waals surface area contributed by atoms with Gasteiger partial charge < -0.3 is 10.6 Å². The molecular weight excluding hydrogens is 373 g/mol. The van der Waals surface area contributed by atoms with Gasteiger partial charge in [-0.1, -0.05) is 36.5 Å². The van der Waals surface area contributed by atoms with Crippen molar-refractivity contribution >= 4 is 46.5 Å². The Hall–Kier alpha value is -2.11. The summed E-state index contributed by atoms with van der Waals surface area (Å²) < 4.78 is 0. The van der Waals surface area contributed by atoms with Crippen molar-refractivity contribution in [1.29, 1.82) is 0 Å². The van der Waals surface area contributed by atoms with Crippen molar-refractivity contribution < 1.29 is 9.59 Å². The standard InChI is InChI=1S/C19H19Cl2N3O2/c1-2-3-11-8-14(20)17(15(21)9-11)19(26)23-13-6-7-22-16(10-13)24-18(25)12-4-5-12/h6-10,12H,2-5H2,1H3,(H2,22,23,24,25,26). The Morgan fingerprint density at radius 2 is 1.85 bits per heavy atom. The summed E-state index contributed by atoms with van der Waals surface area (Å²) in [4.78, 5) is 28.5. The molecule has 2 amide bonds. The van der Waals surface area contributed by atoms with E-state index in [0.29, 0.717) is 21.6 Å². The van der Waals surface area contributed by atoms with Crippen LogP contribution in [0.15, 0.2) is 30.5 Å². The summed E-state index contributed by atoms with van der Waals surface area (Å²) >= 11 is 12.5. The number of carbonyl (C=O) groups excluding carboxylic acids is 2. The SMILES string of the molecule is CCCc1cc(Cl)c(C(=O)Nc2ccnc(NC(=O)C3CC3)c2)c(Cl)c1. The van der Waals surface area contributed by atoms with Crippen molar-refractivity contribution in [3.05, 3.63) is 51.6 Å². The number of rotatable bonds is 6. The van der Waals surface area contributed by atoms with E-state index in [1.165, 1.54) is 6.20 Å². The average Bonchev–Trinajstić information content (AvgIpc) is 3.39. The molecule has 1 saturated carbocycles. The first-order valence-corrected chi connectivity index (χ1v) is 9.29. The zero-order chi connectivity index (χ0) is 18.7. The van der Waals surface area contributed by atoms with Crippen LogP contribution in [-0.4, -0.2) is 16.8 Å². The second-order valence-corrected chi connectivity index (χ2v) is 7.15. The molecule has 0 bridgehead atoms. The number of hydrogen-bond donors (Lipinski definition) is 2. The van der Waals surface area contributed by atoms with Gasteiger partial charge in [0.25, 0.3) is 5.91 Å². The Morgan fingerprint density at radius 3 is 2.46 bits per heavy atom. The van der Waals surface area contributed by atoms with E-state index in [4.69, 9.17) is 23.2 Å². The number of aromatic nitrogens is 1.